The van der Waals surface area contributed by atoms with Gasteiger partial charge >= 0.3 is 21.2 Å². The second-order valence-corrected chi connectivity index (χ2v) is 17.7. The Bertz CT molecular complexity index is 1130. The first kappa shape index (κ1) is 38.0. The highest BCUT2D eigenvalue weighted by Crippen LogP contribution is 2.61. The van der Waals surface area contributed by atoms with Crippen LogP contribution < -0.4 is 9.47 Å². The van der Waals surface area contributed by atoms with Crippen LogP contribution in [0.5, 0.6) is 11.5 Å². The van der Waals surface area contributed by atoms with Crippen LogP contribution in [0.3, 0.4) is 0 Å². The molecule has 1 aliphatic heterocycles. The fourth-order valence-corrected chi connectivity index (χ4v) is 8.49. The minimum atomic E-state index is -5.10. The van der Waals surface area contributed by atoms with E-state index in [0.717, 1.165) is 54.4 Å². The van der Waals surface area contributed by atoms with Gasteiger partial charge in [0, 0.05) is 6.42 Å². The first-order chi connectivity index (χ1) is 19.8. The summed E-state index contributed by atoms with van der Waals surface area (Å²) in [7, 11) is -10.2. The quantitative estimate of drug-likeness (QED) is 0.0703. The Labute approximate surface area is 258 Å². The predicted octanol–water partition coefficient (Wildman–Crippen LogP) is 8.19. The van der Waals surface area contributed by atoms with Gasteiger partial charge in [-0.25, -0.2) is 0 Å². The molecule has 0 spiro atoms. The highest BCUT2D eigenvalue weighted by molar-refractivity contribution is 7.70. The summed E-state index contributed by atoms with van der Waals surface area (Å²) in [6, 6.07) is 1.77. The monoisotopic (exact) mass is 646 g/mol. The summed E-state index contributed by atoms with van der Waals surface area (Å²) in [4.78, 5) is 49.7. The minimum Gasteiger partial charge on any atom is -0.487 e. The molecule has 0 saturated heterocycles. The SMILES string of the molecule is Cc1c(OC(=O)CCC(P(=O)(O)O)P(=O)(O)O)cc2c(c1C)OC(C)(CCCC(C)CCCC(C)CCCC(C)C)CC2. The number of hydrogen-bond acceptors (Lipinski definition) is 5. The fraction of sp³-hybridized carbons (Fsp3) is 0.781. The molecule has 1 heterocycles. The molecule has 43 heavy (non-hydrogen) atoms. The van der Waals surface area contributed by atoms with E-state index in [0.29, 0.717) is 17.2 Å². The second kappa shape index (κ2) is 16.4. The Balaban J connectivity index is 1.88. The lowest BCUT2D eigenvalue weighted by atomic mass is 9.85. The summed E-state index contributed by atoms with van der Waals surface area (Å²) in [5.74, 6) is 2.62. The van der Waals surface area contributed by atoms with Crippen LogP contribution in [0.4, 0.5) is 0 Å². The highest BCUT2D eigenvalue weighted by atomic mass is 31.2. The molecule has 0 saturated carbocycles. The van der Waals surface area contributed by atoms with Crippen molar-refractivity contribution in [2.45, 2.75) is 143 Å². The van der Waals surface area contributed by atoms with E-state index in [1.54, 1.807) is 6.07 Å². The van der Waals surface area contributed by atoms with Crippen LogP contribution in [-0.4, -0.2) is 36.5 Å². The average molecular weight is 647 g/mol. The van der Waals surface area contributed by atoms with E-state index < -0.39 is 39.4 Å². The topological polar surface area (TPSA) is 151 Å². The third-order valence-corrected chi connectivity index (χ3v) is 12.9. The van der Waals surface area contributed by atoms with Gasteiger partial charge in [-0.15, -0.1) is 0 Å². The van der Waals surface area contributed by atoms with Crippen LogP contribution >= 0.6 is 15.2 Å². The molecule has 0 fully saturated rings. The number of carbonyl (C=O) groups excluding carboxylic acids is 1. The maximum atomic E-state index is 12.5. The van der Waals surface area contributed by atoms with Gasteiger partial charge in [0.1, 0.15) is 17.1 Å². The number of fused-ring (bicyclic) bond motifs is 1. The molecule has 0 bridgehead atoms. The second-order valence-electron chi connectivity index (χ2n) is 13.7. The van der Waals surface area contributed by atoms with Gasteiger partial charge in [-0.05, 0) is 93.4 Å². The molecule has 0 aliphatic carbocycles. The fourth-order valence-electron chi connectivity index (χ4n) is 5.99. The molecular weight excluding hydrogens is 590 g/mol. The predicted molar refractivity (Wildman–Crippen MR) is 171 cm³/mol. The van der Waals surface area contributed by atoms with Gasteiger partial charge < -0.3 is 29.0 Å². The number of rotatable bonds is 18. The van der Waals surface area contributed by atoms with Gasteiger partial charge in [-0.3, -0.25) is 13.9 Å². The Morgan fingerprint density at radius 1 is 0.884 bits per heavy atom. The summed E-state index contributed by atoms with van der Waals surface area (Å²) in [6.45, 7) is 15.2. The normalized spacial score (nSPS) is 18.8. The molecule has 4 N–H and O–H groups in total. The smallest absolute Gasteiger partial charge is 0.340 e. The van der Waals surface area contributed by atoms with Crippen LogP contribution in [0.2, 0.25) is 0 Å². The molecule has 3 unspecified atom stereocenters. The van der Waals surface area contributed by atoms with Crippen molar-refractivity contribution in [2.75, 3.05) is 0 Å². The van der Waals surface area contributed by atoms with Gasteiger partial charge in [0.05, 0.1) is 0 Å². The summed E-state index contributed by atoms with van der Waals surface area (Å²) in [5.41, 5.74) is 2.24. The minimum absolute atomic E-state index is 0.271. The number of esters is 1. The number of hydrogen-bond donors (Lipinski definition) is 4. The first-order valence-electron chi connectivity index (χ1n) is 16.0. The summed E-state index contributed by atoms with van der Waals surface area (Å²) < 4.78 is 35.1. The van der Waals surface area contributed by atoms with E-state index in [4.69, 9.17) is 9.47 Å². The van der Waals surface area contributed by atoms with Crippen molar-refractivity contribution in [3.8, 4) is 11.5 Å². The lowest BCUT2D eigenvalue weighted by molar-refractivity contribution is -0.134. The van der Waals surface area contributed by atoms with E-state index in [1.165, 1.54) is 44.9 Å². The number of ether oxygens (including phenoxy) is 2. The molecule has 2 rings (SSSR count). The zero-order chi connectivity index (χ0) is 32.6. The molecule has 9 nitrogen and oxygen atoms in total. The lowest BCUT2D eigenvalue weighted by Crippen LogP contribution is -2.36. The van der Waals surface area contributed by atoms with Crippen molar-refractivity contribution in [3.63, 3.8) is 0 Å². The third-order valence-electron chi connectivity index (χ3n) is 9.02. The van der Waals surface area contributed by atoms with Crippen molar-refractivity contribution >= 4 is 21.2 Å². The largest absolute Gasteiger partial charge is 0.487 e. The van der Waals surface area contributed by atoms with Gasteiger partial charge in [-0.1, -0.05) is 72.6 Å². The standard InChI is InChI=1S/C32H56O9P2/c1-22(2)11-8-12-23(3)13-9-14-24(4)15-10-19-32(7)20-18-27-21-28(25(5)26(6)31(27)41-32)40-29(33)16-17-30(42(34,35)36)43(37,38)39/h21-24,30H,8-20H2,1-7H3,(H2,34,35,36)(H2,37,38,39). The average Bonchev–Trinajstić information content (AvgIpc) is 2.86. The molecule has 0 radical (unpaired) electrons. The molecule has 248 valence electrons. The Hall–Kier alpha value is -1.21. The molecule has 0 aromatic heterocycles. The summed E-state index contributed by atoms with van der Waals surface area (Å²) in [5, 5.41) is -2.24. The number of benzene rings is 1. The van der Waals surface area contributed by atoms with Gasteiger partial charge in [-0.2, -0.15) is 0 Å². The van der Waals surface area contributed by atoms with E-state index >= 15 is 0 Å². The van der Waals surface area contributed by atoms with E-state index in [2.05, 4.69) is 34.6 Å². The van der Waals surface area contributed by atoms with Crippen LogP contribution in [0.25, 0.3) is 0 Å². The Kier molecular flexibility index (Phi) is 14.5. The maximum Gasteiger partial charge on any atom is 0.340 e. The third kappa shape index (κ3) is 12.6. The Morgan fingerprint density at radius 2 is 1.42 bits per heavy atom. The molecule has 0 amide bonds. The maximum absolute atomic E-state index is 12.5. The van der Waals surface area contributed by atoms with Crippen molar-refractivity contribution in [1.82, 2.24) is 0 Å². The van der Waals surface area contributed by atoms with Crippen molar-refractivity contribution in [1.29, 1.82) is 0 Å². The highest BCUT2D eigenvalue weighted by Gasteiger charge is 2.43. The molecule has 1 aromatic rings. The zero-order valence-corrected chi connectivity index (χ0v) is 29.1. The van der Waals surface area contributed by atoms with E-state index in [9.17, 15) is 33.5 Å². The van der Waals surface area contributed by atoms with Gasteiger partial charge in [0.25, 0.3) is 0 Å². The van der Waals surface area contributed by atoms with Crippen molar-refractivity contribution < 1.29 is 43.0 Å². The van der Waals surface area contributed by atoms with Crippen LogP contribution in [0, 0.1) is 31.6 Å². The lowest BCUT2D eigenvalue weighted by Gasteiger charge is -2.37. The molecule has 1 aliphatic rings. The zero-order valence-electron chi connectivity index (χ0n) is 27.3. The van der Waals surface area contributed by atoms with Crippen LogP contribution in [0.1, 0.15) is 128 Å². The van der Waals surface area contributed by atoms with E-state index in [-0.39, 0.29) is 5.60 Å². The van der Waals surface area contributed by atoms with Gasteiger partial charge in [0.2, 0.25) is 0 Å². The summed E-state index contributed by atoms with van der Waals surface area (Å²) >= 11 is 0. The van der Waals surface area contributed by atoms with E-state index in [1.807, 2.05) is 13.8 Å². The molecular formula is C32H56O9P2. The first-order valence-corrected chi connectivity index (χ1v) is 19.3. The van der Waals surface area contributed by atoms with Crippen molar-refractivity contribution in [2.24, 2.45) is 17.8 Å². The summed E-state index contributed by atoms with van der Waals surface area (Å²) in [6.07, 6.45) is 11.5. The van der Waals surface area contributed by atoms with Crippen molar-refractivity contribution in [3.05, 3.63) is 22.8 Å². The van der Waals surface area contributed by atoms with Crippen LogP contribution in [-0.2, 0) is 20.3 Å². The number of carbonyl (C=O) groups is 1. The molecule has 11 heteroatoms. The Morgan fingerprint density at radius 3 is 1.95 bits per heavy atom. The van der Waals surface area contributed by atoms with Crippen LogP contribution in [0.15, 0.2) is 6.07 Å². The molecule has 1 aromatic carbocycles. The number of aryl methyl sites for hydroxylation is 1. The van der Waals surface area contributed by atoms with Gasteiger partial charge in [0.15, 0.2) is 5.40 Å². The molecule has 3 atom stereocenters.